The molecule has 2 rings (SSSR count). The molecule has 18 heavy (non-hydrogen) atoms. The summed E-state index contributed by atoms with van der Waals surface area (Å²) in [6.45, 7) is 2.65. The van der Waals surface area contributed by atoms with Crippen molar-refractivity contribution in [2.45, 2.75) is 26.3 Å². The zero-order chi connectivity index (χ0) is 13.0. The molecule has 0 saturated heterocycles. The monoisotopic (exact) mass is 246 g/mol. The van der Waals surface area contributed by atoms with Crippen LogP contribution in [0.4, 0.5) is 4.39 Å². The Morgan fingerprint density at radius 2 is 2.00 bits per heavy atom. The van der Waals surface area contributed by atoms with Crippen LogP contribution in [0.3, 0.4) is 0 Å². The molecule has 0 radical (unpaired) electrons. The average molecular weight is 246 g/mol. The highest BCUT2D eigenvalue weighted by molar-refractivity contribution is 5.95. The summed E-state index contributed by atoms with van der Waals surface area (Å²) in [7, 11) is 0. The van der Waals surface area contributed by atoms with Gasteiger partial charge < -0.3 is 0 Å². The Bertz CT molecular complexity index is 531. The van der Waals surface area contributed by atoms with Crippen molar-refractivity contribution in [3.05, 3.63) is 53.6 Å². The minimum atomic E-state index is -0.321. The fourth-order valence-corrected chi connectivity index (χ4v) is 1.77. The first-order valence-corrected chi connectivity index (χ1v) is 5.94. The van der Waals surface area contributed by atoms with Gasteiger partial charge in [-0.3, -0.25) is 9.48 Å². The van der Waals surface area contributed by atoms with Crippen LogP contribution >= 0.6 is 0 Å². The lowest BCUT2D eigenvalue weighted by atomic mass is 10.1. The van der Waals surface area contributed by atoms with E-state index in [0.29, 0.717) is 12.0 Å². The van der Waals surface area contributed by atoms with Gasteiger partial charge in [0.2, 0.25) is 0 Å². The number of halogens is 1. The van der Waals surface area contributed by atoms with Crippen LogP contribution in [-0.2, 0) is 6.54 Å². The molecule has 0 aliphatic heterocycles. The van der Waals surface area contributed by atoms with Crippen LogP contribution in [0.15, 0.2) is 36.5 Å². The molecule has 4 heteroatoms. The predicted octanol–water partition coefficient (Wildman–Crippen LogP) is 2.99. The summed E-state index contributed by atoms with van der Waals surface area (Å²) in [5, 5.41) is 4.25. The molecule has 0 spiro atoms. The molecule has 1 aromatic heterocycles. The zero-order valence-corrected chi connectivity index (χ0v) is 10.3. The molecule has 0 fully saturated rings. The van der Waals surface area contributed by atoms with Crippen LogP contribution in [0.25, 0.3) is 0 Å². The van der Waals surface area contributed by atoms with Crippen molar-refractivity contribution in [1.29, 1.82) is 0 Å². The van der Waals surface area contributed by atoms with Gasteiger partial charge in [0.1, 0.15) is 5.82 Å². The number of carbonyl (C=O) groups excluding carboxylic acids is 1. The summed E-state index contributed by atoms with van der Waals surface area (Å²) in [5.74, 6) is -0.280. The Hall–Kier alpha value is -1.97. The van der Waals surface area contributed by atoms with Crippen molar-refractivity contribution in [2.24, 2.45) is 0 Å². The van der Waals surface area contributed by atoms with Gasteiger partial charge in [-0.1, -0.05) is 0 Å². The normalized spacial score (nSPS) is 10.6. The number of carbonyl (C=O) groups is 1. The Labute approximate surface area is 105 Å². The number of nitrogens with zero attached hydrogens (tertiary/aromatic N) is 2. The van der Waals surface area contributed by atoms with Gasteiger partial charge in [0, 0.05) is 24.7 Å². The topological polar surface area (TPSA) is 34.9 Å². The van der Waals surface area contributed by atoms with Gasteiger partial charge >= 0.3 is 0 Å². The van der Waals surface area contributed by atoms with E-state index in [1.165, 1.54) is 24.3 Å². The van der Waals surface area contributed by atoms with E-state index in [-0.39, 0.29) is 11.6 Å². The maximum absolute atomic E-state index is 12.7. The quantitative estimate of drug-likeness (QED) is 0.760. The van der Waals surface area contributed by atoms with Crippen molar-refractivity contribution < 1.29 is 9.18 Å². The summed E-state index contributed by atoms with van der Waals surface area (Å²) >= 11 is 0. The lowest BCUT2D eigenvalue weighted by molar-refractivity contribution is 0.0978. The van der Waals surface area contributed by atoms with Crippen molar-refractivity contribution >= 4 is 5.78 Å². The smallest absolute Gasteiger partial charge is 0.162 e. The van der Waals surface area contributed by atoms with Crippen molar-refractivity contribution in [2.75, 3.05) is 0 Å². The fraction of sp³-hybridized carbons (Fsp3) is 0.286. The highest BCUT2D eigenvalue weighted by Crippen LogP contribution is 2.08. The molecule has 1 heterocycles. The number of ketones is 1. The molecular weight excluding hydrogens is 231 g/mol. The van der Waals surface area contributed by atoms with Crippen LogP contribution in [0.5, 0.6) is 0 Å². The first kappa shape index (κ1) is 12.5. The predicted molar refractivity (Wildman–Crippen MR) is 66.9 cm³/mol. The van der Waals surface area contributed by atoms with Crippen molar-refractivity contribution in [3.8, 4) is 0 Å². The number of aryl methyl sites for hydroxylation is 2. The van der Waals surface area contributed by atoms with E-state index in [2.05, 4.69) is 5.10 Å². The van der Waals surface area contributed by atoms with Gasteiger partial charge in [-0.05, 0) is 43.7 Å². The van der Waals surface area contributed by atoms with E-state index in [0.717, 1.165) is 18.7 Å². The maximum atomic E-state index is 12.7. The van der Waals surface area contributed by atoms with Crippen LogP contribution in [0, 0.1) is 12.7 Å². The maximum Gasteiger partial charge on any atom is 0.162 e. The fourth-order valence-electron chi connectivity index (χ4n) is 1.77. The van der Waals surface area contributed by atoms with Gasteiger partial charge in [0.25, 0.3) is 0 Å². The van der Waals surface area contributed by atoms with Crippen molar-refractivity contribution in [3.63, 3.8) is 0 Å². The van der Waals surface area contributed by atoms with Crippen LogP contribution in [0.1, 0.15) is 28.9 Å². The number of Topliss-reactive ketones (excluding diaryl/α,β-unsaturated/α-hetero) is 1. The molecule has 0 bridgehead atoms. The highest BCUT2D eigenvalue weighted by Gasteiger charge is 2.05. The molecule has 1 aromatic carbocycles. The Kier molecular flexibility index (Phi) is 3.87. The number of aromatic nitrogens is 2. The third-order valence-electron chi connectivity index (χ3n) is 2.73. The molecule has 0 aliphatic rings. The second-order valence-corrected chi connectivity index (χ2v) is 4.25. The lowest BCUT2D eigenvalue weighted by Crippen LogP contribution is -2.04. The molecule has 94 valence electrons. The summed E-state index contributed by atoms with van der Waals surface area (Å²) in [4.78, 5) is 11.8. The molecule has 0 aliphatic carbocycles. The molecule has 0 N–H and O–H groups in total. The van der Waals surface area contributed by atoms with E-state index in [1.807, 2.05) is 23.9 Å². The number of benzene rings is 1. The van der Waals surface area contributed by atoms with E-state index in [4.69, 9.17) is 0 Å². The molecular formula is C14H15FN2O. The van der Waals surface area contributed by atoms with E-state index < -0.39 is 0 Å². The van der Waals surface area contributed by atoms with Crippen LogP contribution in [-0.4, -0.2) is 15.6 Å². The second kappa shape index (κ2) is 5.58. The van der Waals surface area contributed by atoms with Crippen molar-refractivity contribution in [1.82, 2.24) is 9.78 Å². The Morgan fingerprint density at radius 1 is 1.28 bits per heavy atom. The number of rotatable bonds is 5. The number of hydrogen-bond acceptors (Lipinski definition) is 2. The van der Waals surface area contributed by atoms with Crippen LogP contribution < -0.4 is 0 Å². The minimum absolute atomic E-state index is 0.0406. The van der Waals surface area contributed by atoms with E-state index in [1.54, 1.807) is 0 Å². The molecule has 0 saturated carbocycles. The van der Waals surface area contributed by atoms with Gasteiger partial charge in [-0.2, -0.15) is 5.10 Å². The third kappa shape index (κ3) is 3.26. The zero-order valence-electron chi connectivity index (χ0n) is 10.3. The molecule has 2 aromatic rings. The Balaban J connectivity index is 1.83. The van der Waals surface area contributed by atoms with Gasteiger partial charge in [-0.25, -0.2) is 4.39 Å². The highest BCUT2D eigenvalue weighted by atomic mass is 19.1. The molecule has 3 nitrogen and oxygen atoms in total. The summed E-state index contributed by atoms with van der Waals surface area (Å²) in [5.41, 5.74) is 1.54. The lowest BCUT2D eigenvalue weighted by Gasteiger charge is -2.02. The summed E-state index contributed by atoms with van der Waals surface area (Å²) in [6, 6.07) is 7.60. The minimum Gasteiger partial charge on any atom is -0.294 e. The average Bonchev–Trinajstić information content (AvgIpc) is 2.76. The summed E-state index contributed by atoms with van der Waals surface area (Å²) < 4.78 is 14.5. The molecule has 0 amide bonds. The summed E-state index contributed by atoms with van der Waals surface area (Å²) in [6.07, 6.45) is 3.08. The third-order valence-corrected chi connectivity index (χ3v) is 2.73. The first-order chi connectivity index (χ1) is 8.65. The van der Waals surface area contributed by atoms with Gasteiger partial charge in [-0.15, -0.1) is 0 Å². The first-order valence-electron chi connectivity index (χ1n) is 5.94. The number of hydrogen-bond donors (Lipinski definition) is 0. The SMILES string of the molecule is Cc1ccn(CCCC(=O)c2ccc(F)cc2)n1. The van der Waals surface area contributed by atoms with E-state index in [9.17, 15) is 9.18 Å². The molecule has 0 unspecified atom stereocenters. The standard InChI is InChI=1S/C14H15FN2O/c1-11-8-10-17(16-11)9-2-3-14(18)12-4-6-13(15)7-5-12/h4-8,10H,2-3,9H2,1H3. The van der Waals surface area contributed by atoms with Crippen LogP contribution in [0.2, 0.25) is 0 Å². The Morgan fingerprint density at radius 3 is 2.61 bits per heavy atom. The second-order valence-electron chi connectivity index (χ2n) is 4.25. The molecule has 0 atom stereocenters. The van der Waals surface area contributed by atoms with Gasteiger partial charge in [0.15, 0.2) is 5.78 Å². The van der Waals surface area contributed by atoms with Gasteiger partial charge in [0.05, 0.1) is 5.69 Å². The van der Waals surface area contributed by atoms with E-state index >= 15 is 0 Å². The largest absolute Gasteiger partial charge is 0.294 e.